The highest BCUT2D eigenvalue weighted by Gasteiger charge is 2.20. The first-order valence-corrected chi connectivity index (χ1v) is 16.2. The molecule has 0 bridgehead atoms. The van der Waals surface area contributed by atoms with Crippen LogP contribution in [0.15, 0.2) is 90.0 Å². The number of methoxy groups -OCH3 is 2. The average molecular weight is 784 g/mol. The molecule has 44 heavy (non-hydrogen) atoms. The molecule has 0 spiro atoms. The Labute approximate surface area is 281 Å². The lowest BCUT2D eigenvalue weighted by Gasteiger charge is -2.18. The summed E-state index contributed by atoms with van der Waals surface area (Å²) in [6.45, 7) is 6.53. The molecule has 0 atom stereocenters. The van der Waals surface area contributed by atoms with Gasteiger partial charge in [-0.2, -0.15) is 9.78 Å². The lowest BCUT2D eigenvalue weighted by Crippen LogP contribution is -2.21. The minimum atomic E-state index is -0.278. The van der Waals surface area contributed by atoms with Gasteiger partial charge in [-0.25, -0.2) is 4.98 Å². The van der Waals surface area contributed by atoms with E-state index in [1.807, 2.05) is 67.6 Å². The maximum absolute atomic E-state index is 13.9. The Kier molecular flexibility index (Phi) is 9.92. The predicted octanol–water partition coefficient (Wildman–Crippen LogP) is 9.26. The molecule has 226 valence electrons. The number of para-hydroxylation sites is 1. The number of ether oxygens (including phenoxy) is 3. The van der Waals surface area contributed by atoms with Crippen molar-refractivity contribution in [3.63, 3.8) is 0 Å². The average Bonchev–Trinajstić information content (AvgIpc) is 3.02. The largest absolute Gasteiger partial charge is 0.496 e. The maximum Gasteiger partial charge on any atom is 0.282 e. The number of benzene rings is 4. The fraction of sp³-hybridized carbons (Fsp3) is 0.206. The number of hydrogen-bond acceptors (Lipinski definition) is 6. The molecule has 5 rings (SSSR count). The van der Waals surface area contributed by atoms with Gasteiger partial charge in [-0.3, -0.25) is 4.79 Å². The first-order chi connectivity index (χ1) is 21.1. The van der Waals surface area contributed by atoms with Crippen LogP contribution in [0.1, 0.15) is 42.0 Å². The number of hydrogen-bond donors (Lipinski definition) is 0. The van der Waals surface area contributed by atoms with Gasteiger partial charge in [0.25, 0.3) is 5.56 Å². The molecule has 0 aliphatic rings. The number of rotatable bonds is 9. The summed E-state index contributed by atoms with van der Waals surface area (Å²) < 4.78 is 21.2. The van der Waals surface area contributed by atoms with Crippen LogP contribution in [-0.4, -0.2) is 30.1 Å². The van der Waals surface area contributed by atoms with E-state index < -0.39 is 0 Å². The normalized spacial score (nSPS) is 11.5. The van der Waals surface area contributed by atoms with E-state index in [4.69, 9.17) is 24.3 Å². The predicted molar refractivity (Wildman–Crippen MR) is 187 cm³/mol. The van der Waals surface area contributed by atoms with E-state index in [9.17, 15) is 4.79 Å². The Morgan fingerprint density at radius 3 is 2.32 bits per heavy atom. The van der Waals surface area contributed by atoms with Crippen LogP contribution in [0.25, 0.3) is 22.3 Å². The van der Waals surface area contributed by atoms with E-state index >= 15 is 0 Å². The Morgan fingerprint density at radius 2 is 1.64 bits per heavy atom. The number of nitrogens with zero attached hydrogens (tertiary/aromatic N) is 3. The third-order valence-corrected chi connectivity index (χ3v) is 9.85. The van der Waals surface area contributed by atoms with E-state index in [0.29, 0.717) is 49.3 Å². The zero-order valence-corrected chi connectivity index (χ0v) is 29.6. The second-order valence-electron chi connectivity index (χ2n) is 10.4. The SMILES string of the molecule is COc1cc(C)c(-c2nc3ccccc3c(=O)n2N=Cc2cc(OC)c(OCc3ccc(Br)cc3)c(Br)c2Br)cc1C(C)C. The third kappa shape index (κ3) is 6.48. The van der Waals surface area contributed by atoms with Crippen LogP contribution in [0.3, 0.4) is 0 Å². The van der Waals surface area contributed by atoms with E-state index in [-0.39, 0.29) is 11.5 Å². The highest BCUT2D eigenvalue weighted by atomic mass is 79.9. The van der Waals surface area contributed by atoms with Crippen LogP contribution < -0.4 is 19.8 Å². The van der Waals surface area contributed by atoms with Gasteiger partial charge in [0.2, 0.25) is 0 Å². The van der Waals surface area contributed by atoms with Gasteiger partial charge in [-0.1, -0.05) is 54.0 Å². The summed E-state index contributed by atoms with van der Waals surface area (Å²) in [6.07, 6.45) is 1.61. The van der Waals surface area contributed by atoms with Crippen LogP contribution in [0, 0.1) is 6.92 Å². The van der Waals surface area contributed by atoms with Gasteiger partial charge in [-0.15, -0.1) is 0 Å². The summed E-state index contributed by atoms with van der Waals surface area (Å²) in [5, 5.41) is 5.17. The first-order valence-electron chi connectivity index (χ1n) is 13.8. The van der Waals surface area contributed by atoms with E-state index in [2.05, 4.69) is 61.6 Å². The summed E-state index contributed by atoms with van der Waals surface area (Å²) in [4.78, 5) is 18.8. The van der Waals surface area contributed by atoms with Crippen molar-refractivity contribution in [3.05, 3.63) is 113 Å². The van der Waals surface area contributed by atoms with Gasteiger partial charge < -0.3 is 14.2 Å². The molecule has 0 radical (unpaired) electrons. The highest BCUT2D eigenvalue weighted by Crippen LogP contribution is 2.43. The molecule has 4 aromatic carbocycles. The molecule has 0 saturated carbocycles. The number of aromatic nitrogens is 2. The standard InChI is InChI=1S/C34H30Br3N3O4/c1-19(2)25-16-26(20(3)14-28(25)42-4)33-39-27-9-7-6-8-24(27)34(41)40(33)38-17-22-15-29(43-5)32(31(37)30(22)36)44-18-21-10-12-23(35)13-11-21/h6-17,19H,18H2,1-5H3. The number of fused-ring (bicyclic) bond motifs is 1. The van der Waals surface area contributed by atoms with Crippen molar-refractivity contribution in [2.75, 3.05) is 14.2 Å². The van der Waals surface area contributed by atoms with E-state index in [1.165, 1.54) is 4.68 Å². The molecular weight excluding hydrogens is 754 g/mol. The van der Waals surface area contributed by atoms with Crippen molar-refractivity contribution in [1.82, 2.24) is 9.66 Å². The zero-order chi connectivity index (χ0) is 31.5. The molecule has 0 saturated heterocycles. The second-order valence-corrected chi connectivity index (χ2v) is 12.9. The zero-order valence-electron chi connectivity index (χ0n) is 24.8. The van der Waals surface area contributed by atoms with Gasteiger partial charge in [0.15, 0.2) is 17.3 Å². The van der Waals surface area contributed by atoms with Crippen molar-refractivity contribution in [1.29, 1.82) is 0 Å². The molecule has 0 amide bonds. The minimum absolute atomic E-state index is 0.193. The van der Waals surface area contributed by atoms with Crippen molar-refractivity contribution < 1.29 is 14.2 Å². The molecule has 0 fully saturated rings. The Bertz CT molecular complexity index is 1940. The van der Waals surface area contributed by atoms with E-state index in [0.717, 1.165) is 32.5 Å². The van der Waals surface area contributed by atoms with Crippen LogP contribution in [0.4, 0.5) is 0 Å². The molecule has 0 N–H and O–H groups in total. The van der Waals surface area contributed by atoms with Crippen molar-refractivity contribution >= 4 is 64.9 Å². The topological polar surface area (TPSA) is 74.9 Å². The molecule has 0 aliphatic heterocycles. The maximum atomic E-state index is 13.9. The van der Waals surface area contributed by atoms with Gasteiger partial charge in [0.05, 0.1) is 35.8 Å². The lowest BCUT2D eigenvalue weighted by atomic mass is 9.96. The molecule has 5 aromatic rings. The van der Waals surface area contributed by atoms with Gasteiger partial charge in [-0.05, 0) is 104 Å². The summed E-state index contributed by atoms with van der Waals surface area (Å²) in [7, 11) is 3.24. The van der Waals surface area contributed by atoms with Crippen molar-refractivity contribution in [3.8, 4) is 28.6 Å². The smallest absolute Gasteiger partial charge is 0.282 e. The Balaban J connectivity index is 1.62. The molecular formula is C34H30Br3N3O4. The monoisotopic (exact) mass is 781 g/mol. The highest BCUT2D eigenvalue weighted by molar-refractivity contribution is 9.13. The minimum Gasteiger partial charge on any atom is -0.496 e. The van der Waals surface area contributed by atoms with Crippen LogP contribution in [0.2, 0.25) is 0 Å². The van der Waals surface area contributed by atoms with Crippen molar-refractivity contribution in [2.24, 2.45) is 5.10 Å². The van der Waals surface area contributed by atoms with E-state index in [1.54, 1.807) is 26.5 Å². The fourth-order valence-corrected chi connectivity index (χ4v) is 6.01. The van der Waals surface area contributed by atoms with Crippen molar-refractivity contribution in [2.45, 2.75) is 33.3 Å². The lowest BCUT2D eigenvalue weighted by molar-refractivity contribution is 0.282. The summed E-state index contributed by atoms with van der Waals surface area (Å²) in [5.41, 5.74) is 4.72. The third-order valence-electron chi connectivity index (χ3n) is 7.18. The molecule has 1 heterocycles. The fourth-order valence-electron chi connectivity index (χ4n) is 4.81. The van der Waals surface area contributed by atoms with Crippen LogP contribution in [0.5, 0.6) is 17.2 Å². The molecule has 1 aromatic heterocycles. The molecule has 0 aliphatic carbocycles. The Morgan fingerprint density at radius 1 is 0.932 bits per heavy atom. The number of aryl methyl sites for hydroxylation is 1. The Hall–Kier alpha value is -3.47. The van der Waals surface area contributed by atoms with Gasteiger partial charge in [0, 0.05) is 20.1 Å². The summed E-state index contributed by atoms with van der Waals surface area (Å²) >= 11 is 10.8. The molecule has 7 nitrogen and oxygen atoms in total. The van der Waals surface area contributed by atoms with Crippen LogP contribution in [-0.2, 0) is 6.61 Å². The molecule has 10 heteroatoms. The van der Waals surface area contributed by atoms with Crippen LogP contribution >= 0.6 is 47.8 Å². The molecule has 0 unspecified atom stereocenters. The van der Waals surface area contributed by atoms with Gasteiger partial charge >= 0.3 is 0 Å². The van der Waals surface area contributed by atoms with Gasteiger partial charge in [0.1, 0.15) is 12.4 Å². The summed E-state index contributed by atoms with van der Waals surface area (Å²) in [5.74, 6) is 2.47. The quantitative estimate of drug-likeness (QED) is 0.140. The summed E-state index contributed by atoms with van der Waals surface area (Å²) in [6, 6.07) is 21.0. The first kappa shape index (κ1) is 31.9. The number of halogens is 3. The second kappa shape index (κ2) is 13.7.